The van der Waals surface area contributed by atoms with Gasteiger partial charge in [-0.05, 0) is 30.0 Å². The molecule has 1 aromatic rings. The van der Waals surface area contributed by atoms with Gasteiger partial charge < -0.3 is 10.5 Å². The van der Waals surface area contributed by atoms with Crippen LogP contribution in [0.15, 0.2) is 24.3 Å². The maximum atomic E-state index is 6.12. The van der Waals surface area contributed by atoms with E-state index in [1.807, 2.05) is 24.3 Å². The van der Waals surface area contributed by atoms with Gasteiger partial charge in [0.2, 0.25) is 0 Å². The van der Waals surface area contributed by atoms with E-state index in [4.69, 9.17) is 22.1 Å². The van der Waals surface area contributed by atoms with Crippen molar-refractivity contribution >= 4 is 11.6 Å². The molecule has 0 aromatic heterocycles. The molecular weight excluding hydrogens is 234 g/mol. The number of ether oxygens (including phenoxy) is 1. The van der Waals surface area contributed by atoms with Gasteiger partial charge in [0.1, 0.15) is 0 Å². The predicted octanol–water partition coefficient (Wildman–Crippen LogP) is 3.79. The summed E-state index contributed by atoms with van der Waals surface area (Å²) >= 11 is 5.89. The minimum atomic E-state index is -0.0420. The summed E-state index contributed by atoms with van der Waals surface area (Å²) in [6.45, 7) is 7.07. The molecule has 2 atom stereocenters. The topological polar surface area (TPSA) is 35.2 Å². The van der Waals surface area contributed by atoms with Gasteiger partial charge in [-0.2, -0.15) is 0 Å². The highest BCUT2D eigenvalue weighted by Crippen LogP contribution is 2.24. The fraction of sp³-hybridized carbons (Fsp3) is 0.571. The van der Waals surface area contributed by atoms with E-state index >= 15 is 0 Å². The van der Waals surface area contributed by atoms with E-state index in [0.717, 1.165) is 23.6 Å². The molecule has 2 nitrogen and oxygen atoms in total. The Labute approximate surface area is 109 Å². The molecule has 2 N–H and O–H groups in total. The number of benzene rings is 1. The van der Waals surface area contributed by atoms with Gasteiger partial charge in [0.25, 0.3) is 0 Å². The van der Waals surface area contributed by atoms with Crippen molar-refractivity contribution in [1.29, 1.82) is 0 Å². The van der Waals surface area contributed by atoms with Crippen LogP contribution in [-0.2, 0) is 4.74 Å². The maximum absolute atomic E-state index is 6.12. The monoisotopic (exact) mass is 255 g/mol. The zero-order chi connectivity index (χ0) is 12.8. The highest BCUT2D eigenvalue weighted by Gasteiger charge is 2.19. The number of nitrogens with two attached hydrogens (primary N) is 1. The molecular formula is C14H22ClNO. The summed E-state index contributed by atoms with van der Waals surface area (Å²) < 4.78 is 5.91. The second kappa shape index (κ2) is 7.00. The van der Waals surface area contributed by atoms with E-state index in [1.165, 1.54) is 0 Å². The molecule has 0 aliphatic heterocycles. The highest BCUT2D eigenvalue weighted by atomic mass is 35.5. The lowest BCUT2D eigenvalue weighted by Gasteiger charge is -2.25. The number of hydrogen-bond donors (Lipinski definition) is 1. The molecule has 0 fully saturated rings. The lowest BCUT2D eigenvalue weighted by atomic mass is 10.0. The van der Waals surface area contributed by atoms with Gasteiger partial charge in [-0.15, -0.1) is 0 Å². The van der Waals surface area contributed by atoms with Crippen molar-refractivity contribution in [2.24, 2.45) is 11.7 Å². The molecule has 0 amide bonds. The number of hydrogen-bond acceptors (Lipinski definition) is 2. The summed E-state index contributed by atoms with van der Waals surface area (Å²) in [7, 11) is 0. The second-order valence-corrected chi connectivity index (χ2v) is 5.21. The van der Waals surface area contributed by atoms with Crippen LogP contribution >= 0.6 is 11.6 Å². The largest absolute Gasteiger partial charge is 0.372 e. The van der Waals surface area contributed by atoms with E-state index in [9.17, 15) is 0 Å². The molecule has 0 saturated carbocycles. The van der Waals surface area contributed by atoms with Crippen LogP contribution in [0.1, 0.15) is 38.9 Å². The minimum Gasteiger partial charge on any atom is -0.372 e. The zero-order valence-corrected chi connectivity index (χ0v) is 11.6. The Kier molecular flexibility index (Phi) is 5.96. The summed E-state index contributed by atoms with van der Waals surface area (Å²) in [5.74, 6) is 0.508. The Morgan fingerprint density at radius 3 is 2.29 bits per heavy atom. The van der Waals surface area contributed by atoms with Gasteiger partial charge in [0.05, 0.1) is 6.10 Å². The molecule has 17 heavy (non-hydrogen) atoms. The lowest BCUT2D eigenvalue weighted by Crippen LogP contribution is -2.30. The van der Waals surface area contributed by atoms with E-state index in [1.54, 1.807) is 0 Å². The van der Waals surface area contributed by atoms with Crippen LogP contribution in [0.25, 0.3) is 0 Å². The first-order valence-electron chi connectivity index (χ1n) is 6.17. The molecule has 0 spiro atoms. The van der Waals surface area contributed by atoms with Crippen LogP contribution in [0.3, 0.4) is 0 Å². The summed E-state index contributed by atoms with van der Waals surface area (Å²) in [5, 5.41) is 0.737. The third-order valence-corrected chi connectivity index (χ3v) is 2.92. The first-order valence-corrected chi connectivity index (χ1v) is 6.55. The van der Waals surface area contributed by atoms with Crippen molar-refractivity contribution in [2.75, 3.05) is 6.61 Å². The SMILES string of the molecule is CCC(N)C(OCC(C)C)c1ccc(Cl)cc1. The van der Waals surface area contributed by atoms with E-state index in [0.29, 0.717) is 5.92 Å². The van der Waals surface area contributed by atoms with Crippen LogP contribution in [0, 0.1) is 5.92 Å². The van der Waals surface area contributed by atoms with Crippen molar-refractivity contribution in [3.8, 4) is 0 Å². The molecule has 0 bridgehead atoms. The van der Waals surface area contributed by atoms with Gasteiger partial charge in [-0.3, -0.25) is 0 Å². The first-order chi connectivity index (χ1) is 8.04. The molecule has 1 aromatic carbocycles. The summed E-state index contributed by atoms with van der Waals surface area (Å²) in [4.78, 5) is 0. The van der Waals surface area contributed by atoms with Crippen LogP contribution in [0.5, 0.6) is 0 Å². The average molecular weight is 256 g/mol. The van der Waals surface area contributed by atoms with Crippen LogP contribution in [-0.4, -0.2) is 12.6 Å². The third kappa shape index (κ3) is 4.66. The van der Waals surface area contributed by atoms with Gasteiger partial charge in [0.15, 0.2) is 0 Å². The van der Waals surface area contributed by atoms with Crippen molar-refractivity contribution in [3.05, 3.63) is 34.9 Å². The quantitative estimate of drug-likeness (QED) is 0.839. The fourth-order valence-corrected chi connectivity index (χ4v) is 1.76. The Bertz CT molecular complexity index is 323. The van der Waals surface area contributed by atoms with E-state index in [2.05, 4.69) is 20.8 Å². The summed E-state index contributed by atoms with van der Waals surface area (Å²) in [6.07, 6.45) is 0.852. The Hall–Kier alpha value is -0.570. The van der Waals surface area contributed by atoms with Crippen molar-refractivity contribution in [3.63, 3.8) is 0 Å². The van der Waals surface area contributed by atoms with Gasteiger partial charge in [-0.1, -0.05) is 44.5 Å². The molecule has 2 unspecified atom stereocenters. The fourth-order valence-electron chi connectivity index (χ4n) is 1.63. The molecule has 0 saturated heterocycles. The van der Waals surface area contributed by atoms with E-state index < -0.39 is 0 Å². The maximum Gasteiger partial charge on any atom is 0.0975 e. The molecule has 96 valence electrons. The van der Waals surface area contributed by atoms with Gasteiger partial charge >= 0.3 is 0 Å². The number of halogens is 1. The highest BCUT2D eigenvalue weighted by molar-refractivity contribution is 6.30. The van der Waals surface area contributed by atoms with Crippen LogP contribution in [0.2, 0.25) is 5.02 Å². The second-order valence-electron chi connectivity index (χ2n) is 4.77. The van der Waals surface area contributed by atoms with Crippen molar-refractivity contribution in [2.45, 2.75) is 39.3 Å². The molecule has 1 rings (SSSR count). The first kappa shape index (κ1) is 14.5. The van der Waals surface area contributed by atoms with Gasteiger partial charge in [-0.25, -0.2) is 0 Å². The third-order valence-electron chi connectivity index (χ3n) is 2.67. The molecule has 0 aliphatic carbocycles. The zero-order valence-electron chi connectivity index (χ0n) is 10.8. The van der Waals surface area contributed by atoms with Crippen molar-refractivity contribution in [1.82, 2.24) is 0 Å². The van der Waals surface area contributed by atoms with Gasteiger partial charge in [0, 0.05) is 17.7 Å². The van der Waals surface area contributed by atoms with Crippen LogP contribution < -0.4 is 5.73 Å². The van der Waals surface area contributed by atoms with Crippen molar-refractivity contribution < 1.29 is 4.74 Å². The summed E-state index contributed by atoms with van der Waals surface area (Å²) in [6, 6.07) is 7.76. The predicted molar refractivity (Wildman–Crippen MR) is 73.2 cm³/mol. The Morgan fingerprint density at radius 2 is 1.82 bits per heavy atom. The van der Waals surface area contributed by atoms with Crippen LogP contribution in [0.4, 0.5) is 0 Å². The molecule has 0 radical (unpaired) electrons. The smallest absolute Gasteiger partial charge is 0.0975 e. The standard InChI is InChI=1S/C14H22ClNO/c1-4-13(16)14(17-9-10(2)3)11-5-7-12(15)8-6-11/h5-8,10,13-14H,4,9,16H2,1-3H3. The lowest BCUT2D eigenvalue weighted by molar-refractivity contribution is 0.0178. The Morgan fingerprint density at radius 1 is 1.24 bits per heavy atom. The molecule has 0 heterocycles. The summed E-state index contributed by atoms with van der Waals surface area (Å²) in [5.41, 5.74) is 7.22. The number of rotatable bonds is 6. The molecule has 3 heteroatoms. The average Bonchev–Trinajstić information content (AvgIpc) is 2.30. The Balaban J connectivity index is 2.78. The minimum absolute atomic E-state index is 0.0231. The van der Waals surface area contributed by atoms with E-state index in [-0.39, 0.29) is 12.1 Å². The molecule has 0 aliphatic rings. The normalized spacial score (nSPS) is 14.9.